The van der Waals surface area contributed by atoms with E-state index in [-0.39, 0.29) is 11.5 Å². The van der Waals surface area contributed by atoms with Gasteiger partial charge in [-0.05, 0) is 59.9 Å². The van der Waals surface area contributed by atoms with E-state index in [1.807, 2.05) is 0 Å². The summed E-state index contributed by atoms with van der Waals surface area (Å²) in [7, 11) is -3.81. The van der Waals surface area contributed by atoms with Gasteiger partial charge in [0, 0.05) is 5.70 Å². The number of sulfonamides is 1. The molecule has 2 aromatic rings. The second-order valence-corrected chi connectivity index (χ2v) is 8.05. The number of rotatable bonds is 5. The molecule has 0 fully saturated rings. The van der Waals surface area contributed by atoms with Crippen molar-refractivity contribution >= 4 is 10.0 Å². The number of halogens is 3. The van der Waals surface area contributed by atoms with E-state index in [1.165, 1.54) is 24.3 Å². The van der Waals surface area contributed by atoms with E-state index < -0.39 is 21.8 Å². The van der Waals surface area contributed by atoms with Crippen LogP contribution < -0.4 is 4.72 Å². The van der Waals surface area contributed by atoms with Crippen molar-refractivity contribution in [1.82, 2.24) is 4.72 Å². The molecule has 0 bridgehead atoms. The lowest BCUT2D eigenvalue weighted by atomic mass is 10.0. The van der Waals surface area contributed by atoms with Crippen molar-refractivity contribution in [2.45, 2.75) is 23.9 Å². The van der Waals surface area contributed by atoms with E-state index in [9.17, 15) is 26.7 Å². The highest BCUT2D eigenvalue weighted by atomic mass is 32.2. The molecule has 1 aliphatic rings. The van der Waals surface area contributed by atoms with Crippen molar-refractivity contribution < 1.29 is 26.7 Å². The zero-order chi connectivity index (χ0) is 20.4. The second kappa shape index (κ2) is 7.81. The summed E-state index contributed by atoms with van der Waals surface area (Å²) in [4.78, 5) is 0.0357. The molecule has 0 aromatic heterocycles. The molecular formula is C20H18F3NO3S. The van der Waals surface area contributed by atoms with Crippen LogP contribution in [-0.4, -0.2) is 20.1 Å². The molecule has 0 aliphatic heterocycles. The van der Waals surface area contributed by atoms with E-state index in [2.05, 4.69) is 4.72 Å². The number of alkyl halides is 3. The maximum absolute atomic E-state index is 12.6. The van der Waals surface area contributed by atoms with E-state index in [0.717, 1.165) is 17.7 Å². The standard InChI is InChI=1S/C20H18F3NO3S/c21-20(22,23)17-8-4-15(5-9-17)16-6-10-19(11-7-16)28(26,27)24-18-3-1-2-14(12-18)13-25/h3-12,24-25H,1-2,13H2. The topological polar surface area (TPSA) is 66.4 Å². The average Bonchev–Trinajstić information content (AvgIpc) is 2.67. The molecule has 2 N–H and O–H groups in total. The molecule has 1 aliphatic carbocycles. The lowest BCUT2D eigenvalue weighted by Crippen LogP contribution is -2.23. The first-order chi connectivity index (χ1) is 13.2. The average molecular weight is 409 g/mol. The van der Waals surface area contributed by atoms with Gasteiger partial charge >= 0.3 is 6.18 Å². The monoisotopic (exact) mass is 409 g/mol. The summed E-state index contributed by atoms with van der Waals surface area (Å²) in [5.41, 5.74) is 1.57. The van der Waals surface area contributed by atoms with Crippen molar-refractivity contribution in [1.29, 1.82) is 0 Å². The molecule has 2 aromatic carbocycles. The molecule has 0 unspecified atom stereocenters. The van der Waals surface area contributed by atoms with Gasteiger partial charge in [0.15, 0.2) is 0 Å². The number of hydrogen-bond acceptors (Lipinski definition) is 3. The van der Waals surface area contributed by atoms with Crippen LogP contribution in [0.3, 0.4) is 0 Å². The van der Waals surface area contributed by atoms with Gasteiger partial charge in [0.25, 0.3) is 10.0 Å². The van der Waals surface area contributed by atoms with Crippen LogP contribution in [0.5, 0.6) is 0 Å². The predicted molar refractivity (Wildman–Crippen MR) is 99.7 cm³/mol. The Bertz CT molecular complexity index is 1010. The van der Waals surface area contributed by atoms with Crippen LogP contribution in [0, 0.1) is 0 Å². The first-order valence-electron chi connectivity index (χ1n) is 8.50. The van der Waals surface area contributed by atoms with Gasteiger partial charge in [-0.15, -0.1) is 0 Å². The molecule has 148 valence electrons. The summed E-state index contributed by atoms with van der Waals surface area (Å²) >= 11 is 0. The Morgan fingerprint density at radius 2 is 1.54 bits per heavy atom. The molecule has 28 heavy (non-hydrogen) atoms. The summed E-state index contributed by atoms with van der Waals surface area (Å²) in [5.74, 6) is 0. The Balaban J connectivity index is 1.78. The molecule has 4 nitrogen and oxygen atoms in total. The van der Waals surface area contributed by atoms with Crippen LogP contribution in [0.1, 0.15) is 18.4 Å². The minimum absolute atomic E-state index is 0.0357. The van der Waals surface area contributed by atoms with Crippen LogP contribution in [-0.2, 0) is 16.2 Å². The zero-order valence-electron chi connectivity index (χ0n) is 14.7. The van der Waals surface area contributed by atoms with Crippen LogP contribution in [0.2, 0.25) is 0 Å². The fraction of sp³-hybridized carbons (Fsp3) is 0.200. The lowest BCUT2D eigenvalue weighted by Gasteiger charge is -2.15. The fourth-order valence-electron chi connectivity index (χ4n) is 2.85. The molecule has 0 amide bonds. The quantitative estimate of drug-likeness (QED) is 0.776. The first-order valence-corrected chi connectivity index (χ1v) is 9.98. The van der Waals surface area contributed by atoms with Crippen LogP contribution >= 0.6 is 0 Å². The largest absolute Gasteiger partial charge is 0.416 e. The molecular weight excluding hydrogens is 391 g/mol. The van der Waals surface area contributed by atoms with Gasteiger partial charge < -0.3 is 5.11 Å². The van der Waals surface area contributed by atoms with Crippen molar-refractivity contribution in [3.8, 4) is 11.1 Å². The highest BCUT2D eigenvalue weighted by Gasteiger charge is 2.30. The zero-order valence-corrected chi connectivity index (χ0v) is 15.5. The SMILES string of the molecule is O=S(=O)(NC1=CCCC(CO)=C1)c1ccc(-c2ccc(C(F)(F)F)cc2)cc1. The number of nitrogens with one attached hydrogen (secondary N) is 1. The number of aliphatic hydroxyl groups is 1. The molecule has 3 rings (SSSR count). The summed E-state index contributed by atoms with van der Waals surface area (Å²) < 4.78 is 65.5. The fourth-order valence-corrected chi connectivity index (χ4v) is 3.92. The van der Waals surface area contributed by atoms with E-state index in [1.54, 1.807) is 24.3 Å². The molecule has 0 spiro atoms. The minimum atomic E-state index is -4.40. The summed E-state index contributed by atoms with van der Waals surface area (Å²) in [6, 6.07) is 10.6. The molecule has 0 heterocycles. The third-order valence-electron chi connectivity index (χ3n) is 4.35. The molecule has 0 saturated carbocycles. The minimum Gasteiger partial charge on any atom is -0.392 e. The first kappa shape index (κ1) is 20.2. The number of hydrogen-bond donors (Lipinski definition) is 2. The van der Waals surface area contributed by atoms with Crippen LogP contribution in [0.25, 0.3) is 11.1 Å². The maximum atomic E-state index is 12.6. The Kier molecular flexibility index (Phi) is 5.62. The third-order valence-corrected chi connectivity index (χ3v) is 5.75. The Morgan fingerprint density at radius 3 is 2.07 bits per heavy atom. The molecule has 0 atom stereocenters. The van der Waals surface area contributed by atoms with Crippen molar-refractivity contribution in [3.05, 3.63) is 77.5 Å². The number of aliphatic hydroxyl groups excluding tert-OH is 1. The Labute approximate surface area is 161 Å². The highest BCUT2D eigenvalue weighted by molar-refractivity contribution is 7.89. The maximum Gasteiger partial charge on any atom is 0.416 e. The van der Waals surface area contributed by atoms with Gasteiger partial charge in [0.05, 0.1) is 17.1 Å². The van der Waals surface area contributed by atoms with E-state index >= 15 is 0 Å². The van der Waals surface area contributed by atoms with Gasteiger partial charge in [0.2, 0.25) is 0 Å². The van der Waals surface area contributed by atoms with Crippen molar-refractivity contribution in [2.75, 3.05) is 6.61 Å². The summed E-state index contributed by atoms with van der Waals surface area (Å²) in [5, 5.41) is 9.19. The van der Waals surface area contributed by atoms with E-state index in [0.29, 0.717) is 29.7 Å². The van der Waals surface area contributed by atoms with Gasteiger partial charge in [-0.3, -0.25) is 4.72 Å². The van der Waals surface area contributed by atoms with Crippen LogP contribution in [0.4, 0.5) is 13.2 Å². The second-order valence-electron chi connectivity index (χ2n) is 6.36. The normalized spacial score (nSPS) is 15.0. The molecule has 0 saturated heterocycles. The van der Waals surface area contributed by atoms with E-state index in [4.69, 9.17) is 0 Å². The smallest absolute Gasteiger partial charge is 0.392 e. The highest BCUT2D eigenvalue weighted by Crippen LogP contribution is 2.31. The van der Waals surface area contributed by atoms with Crippen molar-refractivity contribution in [2.24, 2.45) is 0 Å². The lowest BCUT2D eigenvalue weighted by molar-refractivity contribution is -0.137. The predicted octanol–water partition coefficient (Wildman–Crippen LogP) is 4.25. The van der Waals surface area contributed by atoms with Crippen molar-refractivity contribution in [3.63, 3.8) is 0 Å². The van der Waals surface area contributed by atoms with Gasteiger partial charge in [-0.2, -0.15) is 13.2 Å². The Morgan fingerprint density at radius 1 is 0.964 bits per heavy atom. The van der Waals surface area contributed by atoms with Gasteiger partial charge in [0.1, 0.15) is 0 Å². The summed E-state index contributed by atoms with van der Waals surface area (Å²) in [6.45, 7) is -0.124. The van der Waals surface area contributed by atoms with Crippen LogP contribution in [0.15, 0.2) is 76.8 Å². The Hall–Kier alpha value is -2.58. The number of benzene rings is 2. The number of allylic oxidation sites excluding steroid dienone is 2. The molecule has 0 radical (unpaired) electrons. The third kappa shape index (κ3) is 4.63. The molecule has 8 heteroatoms. The summed E-state index contributed by atoms with van der Waals surface area (Å²) in [6.07, 6.45) is 0.270. The van der Waals surface area contributed by atoms with Gasteiger partial charge in [-0.25, -0.2) is 8.42 Å². The van der Waals surface area contributed by atoms with Gasteiger partial charge in [-0.1, -0.05) is 30.3 Å².